The summed E-state index contributed by atoms with van der Waals surface area (Å²) in [4.78, 5) is 20.4. The maximum atomic E-state index is 11.0. The summed E-state index contributed by atoms with van der Waals surface area (Å²) in [5, 5.41) is 31.7. The highest BCUT2D eigenvalue weighted by Gasteiger charge is 2.27. The second-order valence-electron chi connectivity index (χ2n) is 3.66. The fraction of sp³-hybridized carbons (Fsp3) is 0.0909. The van der Waals surface area contributed by atoms with Crippen LogP contribution in [0.3, 0.4) is 0 Å². The van der Waals surface area contributed by atoms with Gasteiger partial charge in [0.2, 0.25) is 5.75 Å². The van der Waals surface area contributed by atoms with E-state index in [1.54, 1.807) is 0 Å². The van der Waals surface area contributed by atoms with Gasteiger partial charge in [0.1, 0.15) is 5.75 Å². The monoisotopic (exact) mass is 264 g/mol. The number of non-ortho nitro benzene ring substituents is 1. The second-order valence-corrected chi connectivity index (χ2v) is 3.66. The molecule has 8 heteroatoms. The fourth-order valence-electron chi connectivity index (χ4n) is 1.89. The Morgan fingerprint density at radius 3 is 2.32 bits per heavy atom. The van der Waals surface area contributed by atoms with Crippen molar-refractivity contribution < 1.29 is 19.7 Å². The minimum Gasteiger partial charge on any atom is -0.507 e. The molecule has 0 radical (unpaired) electrons. The van der Waals surface area contributed by atoms with Crippen LogP contribution in [0.5, 0.6) is 11.5 Å². The topological polar surface area (TPSA) is 116 Å². The predicted molar refractivity (Wildman–Crippen MR) is 65.5 cm³/mol. The number of ether oxygens (including phenoxy) is 1. The van der Waals surface area contributed by atoms with Gasteiger partial charge in [-0.1, -0.05) is 6.07 Å². The molecular formula is C11H8N2O6. The van der Waals surface area contributed by atoms with Crippen molar-refractivity contribution in [1.29, 1.82) is 0 Å². The van der Waals surface area contributed by atoms with Gasteiger partial charge in [0, 0.05) is 0 Å². The molecule has 0 aliphatic rings. The van der Waals surface area contributed by atoms with E-state index in [0.29, 0.717) is 0 Å². The number of phenols is 1. The summed E-state index contributed by atoms with van der Waals surface area (Å²) in [6.07, 6.45) is 0. The highest BCUT2D eigenvalue weighted by molar-refractivity contribution is 6.02. The van der Waals surface area contributed by atoms with Gasteiger partial charge in [-0.15, -0.1) is 0 Å². The summed E-state index contributed by atoms with van der Waals surface area (Å²) in [5.41, 5.74) is -1.03. The van der Waals surface area contributed by atoms with Gasteiger partial charge in [-0.05, 0) is 12.1 Å². The van der Waals surface area contributed by atoms with Crippen LogP contribution in [-0.4, -0.2) is 22.1 Å². The molecule has 0 heterocycles. The number of hydrogen-bond donors (Lipinski definition) is 1. The average molecular weight is 264 g/mol. The van der Waals surface area contributed by atoms with E-state index in [1.807, 2.05) is 0 Å². The number of fused-ring (bicyclic) bond motifs is 1. The predicted octanol–water partition coefficient (Wildman–Crippen LogP) is 2.37. The van der Waals surface area contributed by atoms with Crippen LogP contribution in [0, 0.1) is 20.2 Å². The van der Waals surface area contributed by atoms with E-state index in [0.717, 1.165) is 6.07 Å². The summed E-state index contributed by atoms with van der Waals surface area (Å²) in [6.45, 7) is 0. The van der Waals surface area contributed by atoms with Crippen molar-refractivity contribution in [2.45, 2.75) is 0 Å². The number of benzene rings is 2. The summed E-state index contributed by atoms with van der Waals surface area (Å²) in [6, 6.07) is 4.90. The molecule has 0 aromatic heterocycles. The van der Waals surface area contributed by atoms with Crippen molar-refractivity contribution >= 4 is 22.1 Å². The number of nitro groups is 2. The van der Waals surface area contributed by atoms with Crippen LogP contribution in [-0.2, 0) is 0 Å². The molecule has 19 heavy (non-hydrogen) atoms. The molecule has 0 unspecified atom stereocenters. The van der Waals surface area contributed by atoms with Gasteiger partial charge in [0.25, 0.3) is 5.69 Å². The first kappa shape index (κ1) is 12.6. The molecule has 0 fully saturated rings. The lowest BCUT2D eigenvalue weighted by Gasteiger charge is -2.08. The number of phenolic OH excluding ortho intramolecular Hbond substituents is 1. The summed E-state index contributed by atoms with van der Waals surface area (Å²) >= 11 is 0. The third kappa shape index (κ3) is 1.88. The second kappa shape index (κ2) is 4.41. The van der Waals surface area contributed by atoms with E-state index in [1.165, 1.54) is 25.3 Å². The SMILES string of the molecule is COc1c([N+](=O)[O-])cc([N+](=O)[O-])c2cccc(O)c12. The molecular weight excluding hydrogens is 256 g/mol. The van der Waals surface area contributed by atoms with Crippen LogP contribution in [0.25, 0.3) is 10.8 Å². The molecule has 0 spiro atoms. The molecule has 0 saturated carbocycles. The van der Waals surface area contributed by atoms with E-state index >= 15 is 0 Å². The Balaban J connectivity index is 3.03. The maximum Gasteiger partial charge on any atom is 0.318 e. The molecule has 8 nitrogen and oxygen atoms in total. The molecule has 0 saturated heterocycles. The summed E-state index contributed by atoms with van der Waals surface area (Å²) < 4.78 is 4.91. The van der Waals surface area contributed by atoms with E-state index < -0.39 is 21.2 Å². The van der Waals surface area contributed by atoms with Crippen LogP contribution in [0.4, 0.5) is 11.4 Å². The standard InChI is InChI=1S/C11H8N2O6/c1-19-11-8(13(17)18)5-7(12(15)16)6-3-2-4-9(14)10(6)11/h2-5,14H,1H3. The Labute approximate surface area is 106 Å². The van der Waals surface area contributed by atoms with Gasteiger partial charge in [-0.25, -0.2) is 0 Å². The Morgan fingerprint density at radius 1 is 1.16 bits per heavy atom. The molecule has 2 aromatic carbocycles. The summed E-state index contributed by atoms with van der Waals surface area (Å²) in [5.74, 6) is -0.523. The van der Waals surface area contributed by atoms with Crippen molar-refractivity contribution in [3.05, 3.63) is 44.5 Å². The van der Waals surface area contributed by atoms with Crippen LogP contribution < -0.4 is 4.74 Å². The van der Waals surface area contributed by atoms with Crippen LogP contribution in [0.15, 0.2) is 24.3 Å². The normalized spacial score (nSPS) is 10.4. The number of hydrogen-bond acceptors (Lipinski definition) is 6. The van der Waals surface area contributed by atoms with Gasteiger partial charge in [0.05, 0.1) is 33.8 Å². The molecule has 0 atom stereocenters. The van der Waals surface area contributed by atoms with Crippen LogP contribution >= 0.6 is 0 Å². The fourth-order valence-corrected chi connectivity index (χ4v) is 1.89. The lowest BCUT2D eigenvalue weighted by atomic mass is 10.1. The minimum atomic E-state index is -0.794. The highest BCUT2D eigenvalue weighted by atomic mass is 16.6. The number of rotatable bonds is 3. The van der Waals surface area contributed by atoms with Crippen LogP contribution in [0.2, 0.25) is 0 Å². The first-order chi connectivity index (χ1) is 8.97. The number of nitro benzene ring substituents is 2. The minimum absolute atomic E-state index is 0.0501. The van der Waals surface area contributed by atoms with Gasteiger partial charge >= 0.3 is 5.69 Å². The Kier molecular flexibility index (Phi) is 2.91. The summed E-state index contributed by atoms with van der Waals surface area (Å²) in [7, 11) is 1.19. The molecule has 2 rings (SSSR count). The average Bonchev–Trinajstić information content (AvgIpc) is 2.36. The highest BCUT2D eigenvalue weighted by Crippen LogP contribution is 2.44. The zero-order valence-corrected chi connectivity index (χ0v) is 9.69. The van der Waals surface area contributed by atoms with Crippen molar-refractivity contribution in [3.63, 3.8) is 0 Å². The van der Waals surface area contributed by atoms with Crippen molar-refractivity contribution in [1.82, 2.24) is 0 Å². The van der Waals surface area contributed by atoms with Gasteiger partial charge in [-0.3, -0.25) is 20.2 Å². The van der Waals surface area contributed by atoms with E-state index in [2.05, 4.69) is 0 Å². The van der Waals surface area contributed by atoms with Gasteiger partial charge in [0.15, 0.2) is 0 Å². The third-order valence-electron chi connectivity index (χ3n) is 2.65. The lowest BCUT2D eigenvalue weighted by Crippen LogP contribution is -1.98. The zero-order valence-electron chi connectivity index (χ0n) is 9.69. The van der Waals surface area contributed by atoms with Gasteiger partial charge < -0.3 is 9.84 Å². The number of methoxy groups -OCH3 is 1. The first-order valence-corrected chi connectivity index (χ1v) is 5.08. The number of aromatic hydroxyl groups is 1. The van der Waals surface area contributed by atoms with Crippen LogP contribution in [0.1, 0.15) is 0 Å². The Hall–Kier alpha value is -2.90. The molecule has 0 bridgehead atoms. The lowest BCUT2D eigenvalue weighted by molar-refractivity contribution is -0.393. The molecule has 0 aliphatic carbocycles. The Morgan fingerprint density at radius 2 is 1.79 bits per heavy atom. The zero-order chi connectivity index (χ0) is 14.2. The largest absolute Gasteiger partial charge is 0.507 e. The quantitative estimate of drug-likeness (QED) is 0.671. The third-order valence-corrected chi connectivity index (χ3v) is 2.65. The van der Waals surface area contributed by atoms with Crippen molar-refractivity contribution in [2.75, 3.05) is 7.11 Å². The first-order valence-electron chi connectivity index (χ1n) is 5.08. The molecule has 98 valence electrons. The van der Waals surface area contributed by atoms with Crippen molar-refractivity contribution in [2.24, 2.45) is 0 Å². The molecule has 1 N–H and O–H groups in total. The van der Waals surface area contributed by atoms with Gasteiger partial charge in [-0.2, -0.15) is 0 Å². The number of nitrogens with zero attached hydrogens (tertiary/aromatic N) is 2. The molecule has 0 aliphatic heterocycles. The smallest absolute Gasteiger partial charge is 0.318 e. The van der Waals surface area contributed by atoms with E-state index in [4.69, 9.17) is 4.74 Å². The Bertz CT molecular complexity index is 697. The maximum absolute atomic E-state index is 11.0. The van der Waals surface area contributed by atoms with E-state index in [9.17, 15) is 25.3 Å². The van der Waals surface area contributed by atoms with Crippen molar-refractivity contribution in [3.8, 4) is 11.5 Å². The molecule has 2 aromatic rings. The molecule has 0 amide bonds. The van der Waals surface area contributed by atoms with E-state index in [-0.39, 0.29) is 22.3 Å².